The quantitative estimate of drug-likeness (QED) is 0.610. The molecular weight excluding hydrogens is 416 g/mol. The first-order chi connectivity index (χ1) is 15.8. The molecule has 2 aromatic carbocycles. The molecule has 1 saturated heterocycles. The number of hydrogen-bond acceptors (Lipinski definition) is 4. The Morgan fingerprint density at radius 3 is 2.24 bits per heavy atom. The fourth-order valence-corrected chi connectivity index (χ4v) is 4.33. The van der Waals surface area contributed by atoms with Crippen LogP contribution in [0.25, 0.3) is 0 Å². The molecule has 3 rings (SSSR count). The van der Waals surface area contributed by atoms with E-state index in [1.807, 2.05) is 39.0 Å². The molecule has 1 N–H and O–H groups in total. The van der Waals surface area contributed by atoms with Crippen molar-refractivity contribution in [3.8, 4) is 5.75 Å². The van der Waals surface area contributed by atoms with E-state index in [2.05, 4.69) is 5.32 Å². The highest BCUT2D eigenvalue weighted by Gasteiger charge is 2.32. The van der Waals surface area contributed by atoms with E-state index in [4.69, 9.17) is 4.74 Å². The smallest absolute Gasteiger partial charge is 0.252 e. The van der Waals surface area contributed by atoms with Gasteiger partial charge in [0.25, 0.3) is 5.91 Å². The summed E-state index contributed by atoms with van der Waals surface area (Å²) in [5, 5.41) is 2.96. The molecule has 0 bridgehead atoms. The van der Waals surface area contributed by atoms with Crippen LogP contribution in [0.2, 0.25) is 0 Å². The maximum atomic E-state index is 13.3. The average molecular weight is 451 g/mol. The Balaban J connectivity index is 1.62. The lowest BCUT2D eigenvalue weighted by atomic mass is 9.88. The van der Waals surface area contributed by atoms with Crippen LogP contribution in [0.4, 0.5) is 0 Å². The third-order valence-corrected chi connectivity index (χ3v) is 6.25. The van der Waals surface area contributed by atoms with Gasteiger partial charge in [0.2, 0.25) is 5.91 Å². The largest absolute Gasteiger partial charge is 0.497 e. The van der Waals surface area contributed by atoms with Crippen molar-refractivity contribution in [3.05, 3.63) is 65.2 Å². The monoisotopic (exact) mass is 450 g/mol. The van der Waals surface area contributed by atoms with Crippen LogP contribution in [0.1, 0.15) is 59.4 Å². The maximum Gasteiger partial charge on any atom is 0.252 e. The van der Waals surface area contributed by atoms with E-state index in [-0.39, 0.29) is 29.4 Å². The van der Waals surface area contributed by atoms with Crippen molar-refractivity contribution in [2.24, 2.45) is 11.8 Å². The average Bonchev–Trinajstić information content (AvgIpc) is 2.83. The van der Waals surface area contributed by atoms with Gasteiger partial charge in [0.05, 0.1) is 7.11 Å². The molecule has 2 aromatic rings. The van der Waals surface area contributed by atoms with Crippen LogP contribution in [0.15, 0.2) is 48.5 Å². The summed E-state index contributed by atoms with van der Waals surface area (Å²) >= 11 is 0. The number of likely N-dealkylation sites (tertiary alicyclic amines) is 1. The Morgan fingerprint density at radius 1 is 1.03 bits per heavy atom. The number of ketones is 1. The van der Waals surface area contributed by atoms with Gasteiger partial charge in [-0.05, 0) is 68.0 Å². The molecule has 1 aliphatic rings. The topological polar surface area (TPSA) is 75.7 Å². The molecule has 6 heteroatoms. The third-order valence-electron chi connectivity index (χ3n) is 6.25. The first-order valence-corrected chi connectivity index (χ1v) is 11.6. The summed E-state index contributed by atoms with van der Waals surface area (Å²) in [6.07, 6.45) is 1.81. The Hall–Kier alpha value is -3.15. The van der Waals surface area contributed by atoms with Gasteiger partial charge in [-0.2, -0.15) is 0 Å². The number of hydrogen-bond donors (Lipinski definition) is 1. The summed E-state index contributed by atoms with van der Waals surface area (Å²) < 4.78 is 5.16. The number of benzene rings is 2. The van der Waals surface area contributed by atoms with Gasteiger partial charge in [0.15, 0.2) is 5.78 Å². The van der Waals surface area contributed by atoms with Crippen molar-refractivity contribution in [2.75, 3.05) is 20.2 Å². The fraction of sp³-hybridized carbons (Fsp3) is 0.444. The molecule has 1 fully saturated rings. The number of carbonyl (C=O) groups is 3. The Bertz CT molecular complexity index is 976. The van der Waals surface area contributed by atoms with E-state index in [0.29, 0.717) is 43.5 Å². The second-order valence-corrected chi connectivity index (χ2v) is 9.16. The van der Waals surface area contributed by atoms with Crippen LogP contribution in [-0.4, -0.2) is 48.7 Å². The zero-order valence-electron chi connectivity index (χ0n) is 20.0. The highest BCUT2D eigenvalue weighted by atomic mass is 16.5. The van der Waals surface area contributed by atoms with E-state index < -0.39 is 6.04 Å². The number of ether oxygens (including phenoxy) is 1. The minimum atomic E-state index is -0.578. The normalized spacial score (nSPS) is 15.2. The second-order valence-electron chi connectivity index (χ2n) is 9.16. The van der Waals surface area contributed by atoms with Crippen LogP contribution >= 0.6 is 0 Å². The highest BCUT2D eigenvalue weighted by molar-refractivity contribution is 5.99. The van der Waals surface area contributed by atoms with Gasteiger partial charge in [-0.3, -0.25) is 14.4 Å². The number of amides is 2. The van der Waals surface area contributed by atoms with Gasteiger partial charge in [0, 0.05) is 30.1 Å². The summed E-state index contributed by atoms with van der Waals surface area (Å²) in [7, 11) is 1.60. The Labute approximate surface area is 196 Å². The number of nitrogens with zero attached hydrogens (tertiary/aromatic N) is 1. The molecule has 0 aliphatic carbocycles. The van der Waals surface area contributed by atoms with E-state index in [1.165, 1.54) is 0 Å². The van der Waals surface area contributed by atoms with E-state index in [9.17, 15) is 14.4 Å². The van der Waals surface area contributed by atoms with Crippen LogP contribution < -0.4 is 10.1 Å². The van der Waals surface area contributed by atoms with Gasteiger partial charge >= 0.3 is 0 Å². The van der Waals surface area contributed by atoms with E-state index >= 15 is 0 Å². The fourth-order valence-electron chi connectivity index (χ4n) is 4.33. The molecule has 0 spiro atoms. The molecule has 1 atom stereocenters. The predicted molar refractivity (Wildman–Crippen MR) is 129 cm³/mol. The Morgan fingerprint density at radius 2 is 1.67 bits per heavy atom. The van der Waals surface area contributed by atoms with E-state index in [0.717, 1.165) is 11.3 Å². The van der Waals surface area contributed by atoms with Crippen molar-refractivity contribution in [1.82, 2.24) is 10.2 Å². The molecule has 33 heavy (non-hydrogen) atoms. The van der Waals surface area contributed by atoms with Crippen LogP contribution in [0.3, 0.4) is 0 Å². The molecule has 0 saturated carbocycles. The number of methoxy groups -OCH3 is 1. The van der Waals surface area contributed by atoms with Gasteiger partial charge in [-0.1, -0.05) is 32.0 Å². The molecular formula is C27H34N2O4. The number of rotatable bonds is 8. The second kappa shape index (κ2) is 11.1. The first-order valence-electron chi connectivity index (χ1n) is 11.6. The summed E-state index contributed by atoms with van der Waals surface area (Å²) in [5.41, 5.74) is 2.13. The molecule has 2 amide bonds. The molecule has 0 aromatic heterocycles. The minimum absolute atomic E-state index is 0.0685. The van der Waals surface area contributed by atoms with Crippen LogP contribution in [0, 0.1) is 18.8 Å². The van der Waals surface area contributed by atoms with Crippen LogP contribution in [0.5, 0.6) is 5.75 Å². The summed E-state index contributed by atoms with van der Waals surface area (Å²) in [5.74, 6) is 0.683. The van der Waals surface area contributed by atoms with Crippen molar-refractivity contribution in [3.63, 3.8) is 0 Å². The molecule has 1 aliphatic heterocycles. The first kappa shape index (κ1) is 24.5. The number of Topliss-reactive ketones (excluding diaryl/α,β-unsaturated/α-hetero) is 1. The van der Waals surface area contributed by atoms with Crippen molar-refractivity contribution in [2.45, 2.75) is 46.1 Å². The third kappa shape index (κ3) is 6.21. The standard InChI is InChI=1S/C27H34N2O4/c1-18(2)17-24(28-26(31)23-8-6-5-7-19(23)3)27(32)29-15-13-21(14-16-29)25(30)20-9-11-22(33-4)12-10-20/h5-12,18,21,24H,13-17H2,1-4H3,(H,28,31). The predicted octanol–water partition coefficient (Wildman–Crippen LogP) is 4.27. The SMILES string of the molecule is COc1ccc(C(=O)C2CCN(C(=O)C(CC(C)C)NC(=O)c3ccccc3C)CC2)cc1. The summed E-state index contributed by atoms with van der Waals surface area (Å²) in [6, 6.07) is 14.0. The molecule has 1 heterocycles. The lowest BCUT2D eigenvalue weighted by Gasteiger charge is -2.34. The van der Waals surface area contributed by atoms with Gasteiger partial charge < -0.3 is 15.0 Å². The zero-order valence-corrected chi connectivity index (χ0v) is 20.0. The van der Waals surface area contributed by atoms with Crippen LogP contribution in [-0.2, 0) is 4.79 Å². The number of aryl methyl sites for hydroxylation is 1. The van der Waals surface area contributed by atoms with Gasteiger partial charge in [-0.25, -0.2) is 0 Å². The summed E-state index contributed by atoms with van der Waals surface area (Å²) in [4.78, 5) is 40.9. The highest BCUT2D eigenvalue weighted by Crippen LogP contribution is 2.24. The Kier molecular flexibility index (Phi) is 8.26. The summed E-state index contributed by atoms with van der Waals surface area (Å²) in [6.45, 7) is 7.00. The lowest BCUT2D eigenvalue weighted by molar-refractivity contribution is -0.134. The van der Waals surface area contributed by atoms with Crippen molar-refractivity contribution in [1.29, 1.82) is 0 Å². The number of piperidine rings is 1. The molecule has 0 radical (unpaired) electrons. The molecule has 6 nitrogen and oxygen atoms in total. The van der Waals surface area contributed by atoms with Crippen molar-refractivity contribution >= 4 is 17.6 Å². The maximum absolute atomic E-state index is 13.3. The van der Waals surface area contributed by atoms with Crippen molar-refractivity contribution < 1.29 is 19.1 Å². The zero-order chi connectivity index (χ0) is 24.0. The number of nitrogens with one attached hydrogen (secondary N) is 1. The van der Waals surface area contributed by atoms with E-state index in [1.54, 1.807) is 42.3 Å². The lowest BCUT2D eigenvalue weighted by Crippen LogP contribution is -2.51. The minimum Gasteiger partial charge on any atom is -0.497 e. The van der Waals surface area contributed by atoms with Gasteiger partial charge in [0.1, 0.15) is 11.8 Å². The van der Waals surface area contributed by atoms with Gasteiger partial charge in [-0.15, -0.1) is 0 Å². The number of carbonyl (C=O) groups excluding carboxylic acids is 3. The molecule has 1 unspecified atom stereocenters. The molecule has 176 valence electrons.